The zero-order valence-electron chi connectivity index (χ0n) is 9.83. The molecule has 0 unspecified atom stereocenters. The van der Waals surface area contributed by atoms with Gasteiger partial charge in [0, 0.05) is 20.1 Å². The van der Waals surface area contributed by atoms with Crippen LogP contribution >= 0.6 is 0 Å². The molecule has 0 radical (unpaired) electrons. The molecule has 0 aliphatic rings. The van der Waals surface area contributed by atoms with Crippen LogP contribution in [0.1, 0.15) is 11.1 Å². The molecule has 5 nitrogen and oxygen atoms in total. The number of benzene rings is 1. The Kier molecular flexibility index (Phi) is 5.07. The highest BCUT2D eigenvalue weighted by Gasteiger charge is 2.17. The molecule has 6 heteroatoms. The number of hydrogen-bond acceptors (Lipinski definition) is 4. The number of nitrogens with two attached hydrogens (primary N) is 1. The number of hydrogen-bond donors (Lipinski definition) is 2. The van der Waals surface area contributed by atoms with E-state index in [2.05, 4.69) is 0 Å². The quantitative estimate of drug-likeness (QED) is 0.746. The summed E-state index contributed by atoms with van der Waals surface area (Å²) in [6.07, 6.45) is 0. The maximum Gasteiger partial charge on any atom is 0.218 e. The normalized spacial score (nSPS) is 12.0. The fraction of sp³-hybridized carbons (Fsp3) is 0.455. The molecule has 0 saturated heterocycles. The summed E-state index contributed by atoms with van der Waals surface area (Å²) in [5, 5.41) is 8.73. The Morgan fingerprint density at radius 3 is 2.59 bits per heavy atom. The summed E-state index contributed by atoms with van der Waals surface area (Å²) in [4.78, 5) is 0. The van der Waals surface area contributed by atoms with Crippen LogP contribution in [0.3, 0.4) is 0 Å². The summed E-state index contributed by atoms with van der Waals surface area (Å²) in [5.74, 6) is -0.0721. The molecule has 0 atom stereocenters. The van der Waals surface area contributed by atoms with Crippen molar-refractivity contribution in [3.8, 4) is 0 Å². The summed E-state index contributed by atoms with van der Waals surface area (Å²) in [7, 11) is -1.91. The second-order valence-electron chi connectivity index (χ2n) is 3.83. The Balaban J connectivity index is 2.82. The molecule has 1 aromatic rings. The molecule has 0 bridgehead atoms. The molecule has 0 spiro atoms. The van der Waals surface area contributed by atoms with Crippen molar-refractivity contribution in [1.29, 1.82) is 0 Å². The minimum atomic E-state index is -3.37. The lowest BCUT2D eigenvalue weighted by Gasteiger charge is -2.15. The van der Waals surface area contributed by atoms with Gasteiger partial charge in [-0.1, -0.05) is 24.3 Å². The first-order valence-electron chi connectivity index (χ1n) is 5.32. The van der Waals surface area contributed by atoms with Crippen LogP contribution in [0.5, 0.6) is 0 Å². The maximum atomic E-state index is 11.9. The highest BCUT2D eigenvalue weighted by atomic mass is 32.2. The first-order chi connectivity index (χ1) is 7.99. The van der Waals surface area contributed by atoms with Crippen molar-refractivity contribution in [3.63, 3.8) is 0 Å². The van der Waals surface area contributed by atoms with E-state index in [1.165, 1.54) is 7.05 Å². The van der Waals surface area contributed by atoms with Gasteiger partial charge in [0.1, 0.15) is 0 Å². The summed E-state index contributed by atoms with van der Waals surface area (Å²) in [6, 6.07) is 7.18. The lowest BCUT2D eigenvalue weighted by molar-refractivity contribution is 0.266. The Bertz CT molecular complexity index is 460. The summed E-state index contributed by atoms with van der Waals surface area (Å²) in [5.41, 5.74) is 7.11. The van der Waals surface area contributed by atoms with E-state index in [1.54, 1.807) is 18.2 Å². The molecule has 96 valence electrons. The second-order valence-corrected chi connectivity index (χ2v) is 5.90. The minimum Gasteiger partial charge on any atom is -0.395 e. The van der Waals surface area contributed by atoms with Gasteiger partial charge in [-0.2, -0.15) is 0 Å². The lowest BCUT2D eigenvalue weighted by Crippen LogP contribution is -2.30. The minimum absolute atomic E-state index is 0.0721. The van der Waals surface area contributed by atoms with Gasteiger partial charge in [0.2, 0.25) is 10.0 Å². The highest BCUT2D eigenvalue weighted by Crippen LogP contribution is 2.11. The van der Waals surface area contributed by atoms with Gasteiger partial charge >= 0.3 is 0 Å². The monoisotopic (exact) mass is 258 g/mol. The Morgan fingerprint density at radius 2 is 2.00 bits per heavy atom. The van der Waals surface area contributed by atoms with Gasteiger partial charge in [-0.25, -0.2) is 12.7 Å². The third-order valence-electron chi connectivity index (χ3n) is 2.47. The van der Waals surface area contributed by atoms with Crippen molar-refractivity contribution in [3.05, 3.63) is 35.4 Å². The zero-order chi connectivity index (χ0) is 12.9. The number of nitrogens with zero attached hydrogens (tertiary/aromatic N) is 1. The van der Waals surface area contributed by atoms with Crippen LogP contribution < -0.4 is 5.73 Å². The smallest absolute Gasteiger partial charge is 0.218 e. The van der Waals surface area contributed by atoms with Gasteiger partial charge in [-0.05, 0) is 11.1 Å². The lowest BCUT2D eigenvalue weighted by atomic mass is 10.1. The van der Waals surface area contributed by atoms with Crippen molar-refractivity contribution in [2.24, 2.45) is 5.73 Å². The predicted molar refractivity (Wildman–Crippen MR) is 66.7 cm³/mol. The molecular formula is C11H18N2O3S. The second kappa shape index (κ2) is 6.11. The maximum absolute atomic E-state index is 11.9. The number of sulfonamides is 1. The molecule has 0 saturated carbocycles. The molecule has 1 aromatic carbocycles. The summed E-state index contributed by atoms with van der Waals surface area (Å²) >= 11 is 0. The number of aliphatic hydroxyl groups excluding tert-OH is 1. The number of rotatable bonds is 6. The van der Waals surface area contributed by atoms with Gasteiger partial charge in [-0.3, -0.25) is 0 Å². The molecule has 0 aromatic heterocycles. The number of aliphatic hydroxyl groups is 1. The fourth-order valence-corrected chi connectivity index (χ4v) is 2.63. The fourth-order valence-electron chi connectivity index (χ4n) is 1.45. The Morgan fingerprint density at radius 1 is 1.35 bits per heavy atom. The van der Waals surface area contributed by atoms with E-state index in [1.807, 2.05) is 6.07 Å². The first kappa shape index (κ1) is 14.1. The SMILES string of the molecule is CN(CCO)S(=O)(=O)Cc1cccc(CN)c1. The van der Waals surface area contributed by atoms with Gasteiger partial charge in [0.05, 0.1) is 12.4 Å². The van der Waals surface area contributed by atoms with Crippen molar-refractivity contribution in [1.82, 2.24) is 4.31 Å². The van der Waals surface area contributed by atoms with Crippen LogP contribution in [-0.2, 0) is 22.3 Å². The van der Waals surface area contributed by atoms with E-state index in [0.717, 1.165) is 9.87 Å². The van der Waals surface area contributed by atoms with Crippen LogP contribution in [0.2, 0.25) is 0 Å². The van der Waals surface area contributed by atoms with Gasteiger partial charge in [0.15, 0.2) is 0 Å². The van der Waals surface area contributed by atoms with Gasteiger partial charge in [-0.15, -0.1) is 0 Å². The molecule has 0 fully saturated rings. The van der Waals surface area contributed by atoms with Crippen LogP contribution in [0, 0.1) is 0 Å². The molecule has 0 heterocycles. The van der Waals surface area contributed by atoms with Crippen molar-refractivity contribution in [2.45, 2.75) is 12.3 Å². The Labute approximate surface area is 102 Å². The van der Waals surface area contributed by atoms with E-state index in [0.29, 0.717) is 12.1 Å². The van der Waals surface area contributed by atoms with E-state index in [4.69, 9.17) is 10.8 Å². The van der Waals surface area contributed by atoms with Crippen LogP contribution in [-0.4, -0.2) is 38.0 Å². The molecule has 0 amide bonds. The standard InChI is InChI=1S/C11H18N2O3S/c1-13(5-6-14)17(15,16)9-11-4-2-3-10(7-11)8-12/h2-4,7,14H,5-6,8-9,12H2,1H3. The van der Waals surface area contributed by atoms with E-state index >= 15 is 0 Å². The number of likely N-dealkylation sites (N-methyl/N-ethyl adjacent to an activating group) is 1. The highest BCUT2D eigenvalue weighted by molar-refractivity contribution is 7.88. The predicted octanol–water partition coefficient (Wildman–Crippen LogP) is -0.101. The van der Waals surface area contributed by atoms with E-state index in [9.17, 15) is 8.42 Å². The van der Waals surface area contributed by atoms with Crippen molar-refractivity contribution < 1.29 is 13.5 Å². The average Bonchev–Trinajstić information content (AvgIpc) is 2.29. The van der Waals surface area contributed by atoms with E-state index in [-0.39, 0.29) is 18.9 Å². The first-order valence-corrected chi connectivity index (χ1v) is 6.93. The van der Waals surface area contributed by atoms with Crippen LogP contribution in [0.15, 0.2) is 24.3 Å². The third kappa shape index (κ3) is 4.08. The molecule has 0 aliphatic heterocycles. The average molecular weight is 258 g/mol. The van der Waals surface area contributed by atoms with Crippen molar-refractivity contribution >= 4 is 10.0 Å². The molecule has 0 aliphatic carbocycles. The van der Waals surface area contributed by atoms with Gasteiger partial charge in [0.25, 0.3) is 0 Å². The summed E-state index contributed by atoms with van der Waals surface area (Å²) in [6.45, 7) is 0.317. The van der Waals surface area contributed by atoms with E-state index < -0.39 is 10.0 Å². The molecular weight excluding hydrogens is 240 g/mol. The largest absolute Gasteiger partial charge is 0.395 e. The third-order valence-corrected chi connectivity index (χ3v) is 4.30. The zero-order valence-corrected chi connectivity index (χ0v) is 10.7. The molecule has 17 heavy (non-hydrogen) atoms. The summed E-state index contributed by atoms with van der Waals surface area (Å²) < 4.78 is 24.9. The Hall–Kier alpha value is -0.950. The topological polar surface area (TPSA) is 83.6 Å². The van der Waals surface area contributed by atoms with Gasteiger partial charge < -0.3 is 10.8 Å². The van der Waals surface area contributed by atoms with Crippen LogP contribution in [0.4, 0.5) is 0 Å². The van der Waals surface area contributed by atoms with Crippen LogP contribution in [0.25, 0.3) is 0 Å². The van der Waals surface area contributed by atoms with Crippen molar-refractivity contribution in [2.75, 3.05) is 20.2 Å². The molecule has 1 rings (SSSR count). The molecule has 3 N–H and O–H groups in total.